The molecule has 1 aliphatic rings. The number of sulfonamides is 1. The van der Waals surface area contributed by atoms with Gasteiger partial charge in [-0.2, -0.15) is 4.31 Å². The van der Waals surface area contributed by atoms with E-state index in [1.807, 2.05) is 0 Å². The number of carboxylic acids is 1. The monoisotopic (exact) mass is 325 g/mol. The van der Waals surface area contributed by atoms with E-state index < -0.39 is 16.0 Å². The molecule has 7 heteroatoms. The van der Waals surface area contributed by atoms with Crippen molar-refractivity contribution in [2.45, 2.75) is 24.2 Å². The van der Waals surface area contributed by atoms with E-state index in [0.29, 0.717) is 18.7 Å². The summed E-state index contributed by atoms with van der Waals surface area (Å²) in [6, 6.07) is 4.61. The number of carboxylic acid groups (broad SMARTS) is 1. The summed E-state index contributed by atoms with van der Waals surface area (Å²) in [5.74, 6) is -0.825. The molecule has 1 heterocycles. The summed E-state index contributed by atoms with van der Waals surface area (Å²) in [6.07, 6.45) is 5.06. The molecule has 0 radical (unpaired) electrons. The predicted molar refractivity (Wildman–Crippen MR) is 82.3 cm³/mol. The molecule has 0 aromatic heterocycles. The second-order valence-electron chi connectivity index (χ2n) is 5.05. The van der Waals surface area contributed by atoms with Crippen molar-refractivity contribution in [2.24, 2.45) is 0 Å². The SMILES string of the molecule is COc1ccc(C=CC(=O)O)cc1S(=O)(=O)N1CCCCC1. The van der Waals surface area contributed by atoms with Crippen LogP contribution in [-0.4, -0.2) is 44.0 Å². The van der Waals surface area contributed by atoms with E-state index in [4.69, 9.17) is 9.84 Å². The molecule has 0 spiro atoms. The standard InChI is InChI=1S/C15H19NO5S/c1-21-13-7-5-12(6-8-15(17)18)11-14(13)22(19,20)16-9-3-2-4-10-16/h5-8,11H,2-4,9-10H2,1H3,(H,17,18). The molecule has 0 aliphatic carbocycles. The van der Waals surface area contributed by atoms with E-state index in [-0.39, 0.29) is 10.6 Å². The predicted octanol–water partition coefficient (Wildman–Crippen LogP) is 1.97. The van der Waals surface area contributed by atoms with Crippen molar-refractivity contribution < 1.29 is 23.1 Å². The molecule has 0 unspecified atom stereocenters. The number of benzene rings is 1. The quantitative estimate of drug-likeness (QED) is 0.837. The van der Waals surface area contributed by atoms with Gasteiger partial charge in [0.25, 0.3) is 0 Å². The number of piperidine rings is 1. The molecule has 22 heavy (non-hydrogen) atoms. The summed E-state index contributed by atoms with van der Waals surface area (Å²) in [7, 11) is -2.22. The minimum absolute atomic E-state index is 0.0736. The van der Waals surface area contributed by atoms with E-state index in [1.54, 1.807) is 12.1 Å². The highest BCUT2D eigenvalue weighted by Crippen LogP contribution is 2.29. The van der Waals surface area contributed by atoms with E-state index in [2.05, 4.69) is 0 Å². The zero-order chi connectivity index (χ0) is 16.2. The Hall–Kier alpha value is -1.86. The fourth-order valence-corrected chi connectivity index (χ4v) is 4.12. The first-order valence-electron chi connectivity index (χ1n) is 7.04. The Balaban J connectivity index is 2.42. The first-order valence-corrected chi connectivity index (χ1v) is 8.48. The van der Waals surface area contributed by atoms with E-state index >= 15 is 0 Å². The van der Waals surface area contributed by atoms with Crippen LogP contribution in [0.25, 0.3) is 6.08 Å². The highest BCUT2D eigenvalue weighted by Gasteiger charge is 2.28. The maximum Gasteiger partial charge on any atom is 0.328 e. The molecule has 2 rings (SSSR count). The van der Waals surface area contributed by atoms with Crippen molar-refractivity contribution in [2.75, 3.05) is 20.2 Å². The van der Waals surface area contributed by atoms with Gasteiger partial charge in [-0.1, -0.05) is 12.5 Å². The molecule has 1 aromatic carbocycles. The van der Waals surface area contributed by atoms with Gasteiger partial charge in [-0.3, -0.25) is 0 Å². The number of hydrogen-bond donors (Lipinski definition) is 1. The Bertz CT molecular complexity index is 675. The van der Waals surface area contributed by atoms with E-state index in [0.717, 1.165) is 25.3 Å². The van der Waals surface area contributed by atoms with Gasteiger partial charge in [0, 0.05) is 19.2 Å². The molecule has 1 aromatic rings. The normalized spacial score (nSPS) is 16.8. The molecular formula is C15H19NO5S. The van der Waals surface area contributed by atoms with E-state index in [1.165, 1.54) is 23.6 Å². The second-order valence-corrected chi connectivity index (χ2v) is 6.95. The van der Waals surface area contributed by atoms with Crippen LogP contribution in [0.3, 0.4) is 0 Å². The zero-order valence-electron chi connectivity index (χ0n) is 12.4. The number of hydrogen-bond acceptors (Lipinski definition) is 4. The molecule has 6 nitrogen and oxygen atoms in total. The van der Waals surface area contributed by atoms with Gasteiger partial charge in [0.05, 0.1) is 7.11 Å². The Kier molecular flexibility index (Phi) is 5.20. The lowest BCUT2D eigenvalue weighted by Gasteiger charge is -2.26. The number of carbonyl (C=O) groups is 1. The van der Waals surface area contributed by atoms with Crippen LogP contribution in [0.4, 0.5) is 0 Å². The lowest BCUT2D eigenvalue weighted by molar-refractivity contribution is -0.131. The minimum atomic E-state index is -3.64. The molecule has 120 valence electrons. The third kappa shape index (κ3) is 3.66. The first-order chi connectivity index (χ1) is 10.4. The number of aliphatic carboxylic acids is 1. The molecule has 0 bridgehead atoms. The Morgan fingerprint density at radius 2 is 1.95 bits per heavy atom. The van der Waals surface area contributed by atoms with Gasteiger partial charge in [0.15, 0.2) is 0 Å². The largest absolute Gasteiger partial charge is 0.495 e. The van der Waals surface area contributed by atoms with Crippen LogP contribution in [0.1, 0.15) is 24.8 Å². The van der Waals surface area contributed by atoms with Crippen molar-refractivity contribution >= 4 is 22.1 Å². The van der Waals surface area contributed by atoms with Gasteiger partial charge >= 0.3 is 5.97 Å². The van der Waals surface area contributed by atoms with Crippen molar-refractivity contribution in [3.63, 3.8) is 0 Å². The summed E-state index contributed by atoms with van der Waals surface area (Å²) in [5, 5.41) is 8.67. The summed E-state index contributed by atoms with van der Waals surface area (Å²) >= 11 is 0. The molecule has 1 saturated heterocycles. The van der Waals surface area contributed by atoms with Crippen LogP contribution in [0.15, 0.2) is 29.2 Å². The number of nitrogens with zero attached hydrogens (tertiary/aromatic N) is 1. The van der Waals surface area contributed by atoms with Crippen molar-refractivity contribution in [3.8, 4) is 5.75 Å². The summed E-state index contributed by atoms with van der Waals surface area (Å²) in [6.45, 7) is 1.00. The summed E-state index contributed by atoms with van der Waals surface area (Å²) < 4.78 is 32.1. The van der Waals surface area contributed by atoms with Gasteiger partial charge in [-0.15, -0.1) is 0 Å². The Labute approximate surface area is 130 Å². The maximum atomic E-state index is 12.8. The molecule has 0 atom stereocenters. The van der Waals surface area contributed by atoms with Gasteiger partial charge in [0.1, 0.15) is 10.6 Å². The molecule has 0 saturated carbocycles. The van der Waals surface area contributed by atoms with Crippen molar-refractivity contribution in [3.05, 3.63) is 29.8 Å². The molecular weight excluding hydrogens is 306 g/mol. The number of ether oxygens (including phenoxy) is 1. The zero-order valence-corrected chi connectivity index (χ0v) is 13.2. The first kappa shape index (κ1) is 16.5. The Morgan fingerprint density at radius 1 is 1.27 bits per heavy atom. The van der Waals surface area contributed by atoms with Gasteiger partial charge in [-0.05, 0) is 36.6 Å². The second kappa shape index (κ2) is 6.93. The van der Waals surface area contributed by atoms with Gasteiger partial charge < -0.3 is 9.84 Å². The van der Waals surface area contributed by atoms with Crippen LogP contribution >= 0.6 is 0 Å². The lowest BCUT2D eigenvalue weighted by atomic mass is 10.2. The molecule has 1 aliphatic heterocycles. The van der Waals surface area contributed by atoms with Crippen LogP contribution in [-0.2, 0) is 14.8 Å². The summed E-state index contributed by atoms with van der Waals surface area (Å²) in [5.41, 5.74) is 0.499. The van der Waals surface area contributed by atoms with Crippen LogP contribution in [0, 0.1) is 0 Å². The van der Waals surface area contributed by atoms with Crippen LogP contribution in [0.2, 0.25) is 0 Å². The minimum Gasteiger partial charge on any atom is -0.495 e. The van der Waals surface area contributed by atoms with Crippen molar-refractivity contribution in [1.82, 2.24) is 4.31 Å². The molecule has 0 amide bonds. The highest BCUT2D eigenvalue weighted by atomic mass is 32.2. The third-order valence-corrected chi connectivity index (χ3v) is 5.46. The Morgan fingerprint density at radius 3 is 2.55 bits per heavy atom. The summed E-state index contributed by atoms with van der Waals surface area (Å²) in [4.78, 5) is 10.7. The third-order valence-electron chi connectivity index (χ3n) is 3.54. The molecule has 1 N–H and O–H groups in total. The number of rotatable bonds is 5. The van der Waals surface area contributed by atoms with E-state index in [9.17, 15) is 13.2 Å². The number of methoxy groups -OCH3 is 1. The highest BCUT2D eigenvalue weighted by molar-refractivity contribution is 7.89. The topological polar surface area (TPSA) is 83.9 Å². The average molecular weight is 325 g/mol. The molecule has 1 fully saturated rings. The van der Waals surface area contributed by atoms with Crippen LogP contribution < -0.4 is 4.74 Å². The van der Waals surface area contributed by atoms with Crippen LogP contribution in [0.5, 0.6) is 5.75 Å². The fraction of sp³-hybridized carbons (Fsp3) is 0.400. The smallest absolute Gasteiger partial charge is 0.328 e. The fourth-order valence-electron chi connectivity index (χ4n) is 2.41. The average Bonchev–Trinajstić information content (AvgIpc) is 2.53. The maximum absolute atomic E-state index is 12.8. The lowest BCUT2D eigenvalue weighted by Crippen LogP contribution is -2.35. The van der Waals surface area contributed by atoms with Crippen molar-refractivity contribution in [1.29, 1.82) is 0 Å². The van der Waals surface area contributed by atoms with Gasteiger partial charge in [-0.25, -0.2) is 13.2 Å². The van der Waals surface area contributed by atoms with Gasteiger partial charge in [0.2, 0.25) is 10.0 Å².